The minimum absolute atomic E-state index is 0.0480. The summed E-state index contributed by atoms with van der Waals surface area (Å²) in [6.07, 6.45) is 0. The number of thioether (sulfide) groups is 1. The van der Waals surface area contributed by atoms with E-state index in [-0.39, 0.29) is 10.8 Å². The maximum absolute atomic E-state index is 13.4. The van der Waals surface area contributed by atoms with Crippen molar-refractivity contribution in [2.75, 3.05) is 5.75 Å². The quantitative estimate of drug-likeness (QED) is 0.667. The molecule has 0 radical (unpaired) electrons. The number of halogens is 3. The van der Waals surface area contributed by atoms with Crippen LogP contribution in [-0.2, 0) is 10.5 Å². The monoisotopic (exact) mass is 344 g/mol. The van der Waals surface area contributed by atoms with E-state index in [1.807, 2.05) is 18.2 Å². The fourth-order valence-corrected chi connectivity index (χ4v) is 2.70. The number of carbonyl (C=O) groups is 1. The molecule has 110 valence electrons. The average Bonchev–Trinajstić information content (AvgIpc) is 2.44. The summed E-state index contributed by atoms with van der Waals surface area (Å²) >= 11 is 12.3. The molecule has 0 saturated heterocycles. The smallest absolute Gasteiger partial charge is 0.231 e. The number of rotatable bonds is 6. The lowest BCUT2D eigenvalue weighted by atomic mass is 10.2. The molecule has 0 bridgehead atoms. The van der Waals surface area contributed by atoms with Gasteiger partial charge in [-0.05, 0) is 29.8 Å². The van der Waals surface area contributed by atoms with E-state index in [4.69, 9.17) is 27.9 Å². The summed E-state index contributed by atoms with van der Waals surface area (Å²) in [6.45, 7) is 0. The van der Waals surface area contributed by atoms with E-state index in [2.05, 4.69) is 0 Å². The summed E-state index contributed by atoms with van der Waals surface area (Å²) in [5, 5.41) is -0.343. The minimum Gasteiger partial charge on any atom is -0.457 e. The zero-order valence-electron chi connectivity index (χ0n) is 10.8. The number of hydrogen-bond donors (Lipinski definition) is 0. The first kappa shape index (κ1) is 16.1. The Morgan fingerprint density at radius 2 is 2.00 bits per heavy atom. The molecule has 0 heterocycles. The predicted octanol–water partition coefficient (Wildman–Crippen LogP) is 5.27. The average molecular weight is 345 g/mol. The fourth-order valence-electron chi connectivity index (χ4n) is 1.63. The van der Waals surface area contributed by atoms with Gasteiger partial charge in [0, 0.05) is 17.4 Å². The van der Waals surface area contributed by atoms with Crippen molar-refractivity contribution in [2.24, 2.45) is 0 Å². The third-order valence-electron chi connectivity index (χ3n) is 2.56. The molecular weight excluding hydrogens is 334 g/mol. The van der Waals surface area contributed by atoms with E-state index in [1.165, 1.54) is 23.9 Å². The molecule has 0 aliphatic rings. The Labute approximate surface area is 136 Å². The zero-order valence-corrected chi connectivity index (χ0v) is 13.1. The lowest BCUT2D eigenvalue weighted by molar-refractivity contribution is -0.109. The molecule has 2 aromatic rings. The Hall–Kier alpha value is -1.23. The van der Waals surface area contributed by atoms with Crippen molar-refractivity contribution in [2.45, 2.75) is 5.75 Å². The molecule has 0 aromatic heterocycles. The van der Waals surface area contributed by atoms with Crippen molar-refractivity contribution < 1.29 is 13.9 Å². The van der Waals surface area contributed by atoms with Crippen molar-refractivity contribution in [3.8, 4) is 11.5 Å². The van der Waals surface area contributed by atoms with E-state index >= 15 is 0 Å². The number of carbonyl (C=O) groups excluding carboxylic acids is 1. The lowest BCUT2D eigenvalue weighted by Crippen LogP contribution is -1.94. The van der Waals surface area contributed by atoms with Gasteiger partial charge in [0.05, 0.1) is 10.8 Å². The van der Waals surface area contributed by atoms with Crippen LogP contribution >= 0.6 is 35.0 Å². The van der Waals surface area contributed by atoms with Gasteiger partial charge in [-0.25, -0.2) is 4.39 Å². The Morgan fingerprint density at radius 1 is 1.24 bits per heavy atom. The van der Waals surface area contributed by atoms with E-state index in [0.717, 1.165) is 5.56 Å². The van der Waals surface area contributed by atoms with Crippen LogP contribution in [0.5, 0.6) is 11.5 Å². The first-order chi connectivity index (χ1) is 10.1. The Morgan fingerprint density at radius 3 is 2.71 bits per heavy atom. The molecule has 2 aromatic carbocycles. The molecule has 2 rings (SSSR count). The normalized spacial score (nSPS) is 10.4. The van der Waals surface area contributed by atoms with Gasteiger partial charge in [-0.1, -0.05) is 29.8 Å². The highest BCUT2D eigenvalue weighted by Gasteiger charge is 2.08. The molecule has 0 aliphatic carbocycles. The second kappa shape index (κ2) is 7.69. The van der Waals surface area contributed by atoms with Gasteiger partial charge < -0.3 is 4.74 Å². The van der Waals surface area contributed by atoms with Crippen LogP contribution in [0.25, 0.3) is 0 Å². The number of benzene rings is 2. The standard InChI is InChI=1S/C15H11Cl2FO2S/c16-12-6-5-11(7-13(12)18)20-14-4-2-1-3-10(14)8-21-9-15(17)19/h1-7H,8-9H2. The molecular formula is C15H11Cl2FO2S. The summed E-state index contributed by atoms with van der Waals surface area (Å²) in [7, 11) is 0. The summed E-state index contributed by atoms with van der Waals surface area (Å²) in [4.78, 5) is 10.7. The molecule has 0 saturated carbocycles. The van der Waals surface area contributed by atoms with E-state index in [1.54, 1.807) is 12.1 Å². The van der Waals surface area contributed by atoms with Gasteiger partial charge in [-0.15, -0.1) is 11.8 Å². The van der Waals surface area contributed by atoms with Crippen LogP contribution in [0.15, 0.2) is 42.5 Å². The van der Waals surface area contributed by atoms with Gasteiger partial charge in [0.2, 0.25) is 5.24 Å². The van der Waals surface area contributed by atoms with Crippen LogP contribution in [0, 0.1) is 5.82 Å². The van der Waals surface area contributed by atoms with Gasteiger partial charge in [0.1, 0.15) is 17.3 Å². The minimum atomic E-state index is -0.534. The second-order valence-electron chi connectivity index (χ2n) is 4.13. The summed E-state index contributed by atoms with van der Waals surface area (Å²) in [5.74, 6) is 1.24. The van der Waals surface area contributed by atoms with Gasteiger partial charge in [0.25, 0.3) is 0 Å². The second-order valence-corrected chi connectivity index (χ2v) is 5.95. The zero-order chi connectivity index (χ0) is 15.2. The number of ether oxygens (including phenoxy) is 1. The molecule has 2 nitrogen and oxygen atoms in total. The molecule has 6 heteroatoms. The predicted molar refractivity (Wildman–Crippen MR) is 84.9 cm³/mol. The van der Waals surface area contributed by atoms with Gasteiger partial charge in [-0.3, -0.25) is 4.79 Å². The first-order valence-corrected chi connectivity index (χ1v) is 7.94. The van der Waals surface area contributed by atoms with Gasteiger partial charge in [0.15, 0.2) is 0 Å². The first-order valence-electron chi connectivity index (χ1n) is 6.03. The summed E-state index contributed by atoms with van der Waals surface area (Å²) in [6, 6.07) is 11.6. The molecule has 0 amide bonds. The Balaban J connectivity index is 2.12. The third kappa shape index (κ3) is 4.92. The molecule has 21 heavy (non-hydrogen) atoms. The SMILES string of the molecule is O=C(Cl)CSCc1ccccc1Oc1ccc(Cl)c(F)c1. The van der Waals surface area contributed by atoms with Crippen molar-refractivity contribution in [1.29, 1.82) is 0 Å². The van der Waals surface area contributed by atoms with Crippen LogP contribution in [-0.4, -0.2) is 11.0 Å². The van der Waals surface area contributed by atoms with Crippen LogP contribution < -0.4 is 4.74 Å². The topological polar surface area (TPSA) is 26.3 Å². The summed E-state index contributed by atoms with van der Waals surface area (Å²) in [5.41, 5.74) is 0.899. The molecule has 0 fully saturated rings. The molecule has 0 aliphatic heterocycles. The van der Waals surface area contributed by atoms with Gasteiger partial charge in [-0.2, -0.15) is 0 Å². The Bertz CT molecular complexity index is 649. The largest absolute Gasteiger partial charge is 0.457 e. The van der Waals surface area contributed by atoms with Crippen LogP contribution in [0.2, 0.25) is 5.02 Å². The molecule has 0 atom stereocenters. The van der Waals surface area contributed by atoms with Crippen molar-refractivity contribution >= 4 is 40.2 Å². The van der Waals surface area contributed by atoms with E-state index in [9.17, 15) is 9.18 Å². The number of hydrogen-bond acceptors (Lipinski definition) is 3. The maximum atomic E-state index is 13.4. The van der Waals surface area contributed by atoms with E-state index in [0.29, 0.717) is 17.3 Å². The molecule has 0 N–H and O–H groups in total. The number of para-hydroxylation sites is 1. The third-order valence-corrected chi connectivity index (χ3v) is 4.14. The van der Waals surface area contributed by atoms with Crippen molar-refractivity contribution in [1.82, 2.24) is 0 Å². The highest BCUT2D eigenvalue weighted by Crippen LogP contribution is 2.30. The Kier molecular flexibility index (Phi) is 5.91. The van der Waals surface area contributed by atoms with E-state index < -0.39 is 11.1 Å². The van der Waals surface area contributed by atoms with Crippen molar-refractivity contribution in [3.05, 3.63) is 58.9 Å². The highest BCUT2D eigenvalue weighted by molar-refractivity contribution is 7.99. The van der Waals surface area contributed by atoms with Crippen LogP contribution in [0.1, 0.15) is 5.56 Å². The summed E-state index contributed by atoms with van der Waals surface area (Å²) < 4.78 is 19.1. The van der Waals surface area contributed by atoms with Crippen molar-refractivity contribution in [3.63, 3.8) is 0 Å². The highest BCUT2D eigenvalue weighted by atomic mass is 35.5. The van der Waals surface area contributed by atoms with Gasteiger partial charge >= 0.3 is 0 Å². The fraction of sp³-hybridized carbons (Fsp3) is 0.133. The molecule has 0 spiro atoms. The lowest BCUT2D eigenvalue weighted by Gasteiger charge is -2.11. The van der Waals surface area contributed by atoms with Crippen LogP contribution in [0.4, 0.5) is 4.39 Å². The molecule has 0 unspecified atom stereocenters. The maximum Gasteiger partial charge on any atom is 0.231 e. The van der Waals surface area contributed by atoms with Crippen LogP contribution in [0.3, 0.4) is 0 Å².